The summed E-state index contributed by atoms with van der Waals surface area (Å²) in [7, 11) is 0. The highest BCUT2D eigenvalue weighted by molar-refractivity contribution is 7.14. The van der Waals surface area contributed by atoms with Crippen molar-refractivity contribution in [2.75, 3.05) is 19.6 Å². The molecule has 5 nitrogen and oxygen atoms in total. The molecule has 2 saturated heterocycles. The van der Waals surface area contributed by atoms with E-state index in [1.807, 2.05) is 36.0 Å². The van der Waals surface area contributed by atoms with Crippen LogP contribution in [-0.2, 0) is 0 Å². The summed E-state index contributed by atoms with van der Waals surface area (Å²) in [6, 6.07) is 4.60. The number of hydrogen-bond acceptors (Lipinski definition) is 4. The quantitative estimate of drug-likeness (QED) is 0.913. The third-order valence-electron chi connectivity index (χ3n) is 5.58. The summed E-state index contributed by atoms with van der Waals surface area (Å²) >= 11 is 1.56. The lowest BCUT2D eigenvalue weighted by atomic mass is 9.83. The van der Waals surface area contributed by atoms with Gasteiger partial charge >= 0.3 is 0 Å². The maximum Gasteiger partial charge on any atom is 0.271 e. The maximum absolute atomic E-state index is 12.7. The van der Waals surface area contributed by atoms with Crippen LogP contribution in [0.15, 0.2) is 24.5 Å². The van der Waals surface area contributed by atoms with Gasteiger partial charge in [0.2, 0.25) is 0 Å². The predicted molar refractivity (Wildman–Crippen MR) is 100 cm³/mol. The fourth-order valence-electron chi connectivity index (χ4n) is 4.29. The van der Waals surface area contributed by atoms with Gasteiger partial charge in [0, 0.05) is 29.9 Å². The molecule has 0 saturated carbocycles. The summed E-state index contributed by atoms with van der Waals surface area (Å²) in [6.07, 6.45) is 10.3. The lowest BCUT2D eigenvalue weighted by Gasteiger charge is -2.44. The number of nitrogens with zero attached hydrogens (tertiary/aromatic N) is 3. The number of nitrogens with one attached hydrogen (secondary N) is 1. The van der Waals surface area contributed by atoms with E-state index in [9.17, 15) is 4.79 Å². The number of aromatic nitrogens is 2. The second-order valence-electron chi connectivity index (χ2n) is 7.20. The van der Waals surface area contributed by atoms with Crippen LogP contribution in [0.3, 0.4) is 0 Å². The smallest absolute Gasteiger partial charge is 0.271 e. The summed E-state index contributed by atoms with van der Waals surface area (Å²) in [5, 5.41) is 4.02. The van der Waals surface area contributed by atoms with Crippen molar-refractivity contribution in [3.8, 4) is 5.13 Å². The minimum atomic E-state index is -0.0277. The summed E-state index contributed by atoms with van der Waals surface area (Å²) in [4.78, 5) is 20.8. The highest BCUT2D eigenvalue weighted by Crippen LogP contribution is 2.30. The van der Waals surface area contributed by atoms with Crippen LogP contribution in [0.1, 0.15) is 47.5 Å². The second-order valence-corrected chi connectivity index (χ2v) is 8.38. The first-order valence-electron chi connectivity index (χ1n) is 9.35. The molecule has 0 aliphatic carbocycles. The molecule has 2 fully saturated rings. The van der Waals surface area contributed by atoms with Crippen molar-refractivity contribution in [2.45, 2.75) is 45.1 Å². The number of carbonyl (C=O) groups is 1. The van der Waals surface area contributed by atoms with Gasteiger partial charge in [-0.25, -0.2) is 4.98 Å². The number of fused-ring (bicyclic) bond motifs is 1. The molecule has 2 aliphatic rings. The molecule has 0 bridgehead atoms. The first-order chi connectivity index (χ1) is 12.2. The fourth-order valence-corrected chi connectivity index (χ4v) is 5.16. The van der Waals surface area contributed by atoms with E-state index in [0.29, 0.717) is 17.7 Å². The molecule has 0 spiro atoms. The fraction of sp³-hybridized carbons (Fsp3) is 0.579. The number of piperidine rings is 2. The zero-order chi connectivity index (χ0) is 17.2. The van der Waals surface area contributed by atoms with Gasteiger partial charge in [-0.1, -0.05) is 6.42 Å². The Hall–Kier alpha value is -1.66. The summed E-state index contributed by atoms with van der Waals surface area (Å²) in [5.74, 6) is 0.556. The lowest BCUT2D eigenvalue weighted by Crippen LogP contribution is -2.51. The number of hydrogen-bond donors (Lipinski definition) is 1. The molecule has 25 heavy (non-hydrogen) atoms. The molecule has 1 N–H and O–H groups in total. The van der Waals surface area contributed by atoms with Crippen LogP contribution in [0.4, 0.5) is 0 Å². The third-order valence-corrected chi connectivity index (χ3v) is 6.56. The monoisotopic (exact) mass is 358 g/mol. The first-order valence-corrected chi connectivity index (χ1v) is 10.2. The Morgan fingerprint density at radius 3 is 2.88 bits per heavy atom. The number of carbonyl (C=O) groups excluding carboxylic acids is 1. The molecule has 1 amide bonds. The van der Waals surface area contributed by atoms with Crippen LogP contribution in [0.2, 0.25) is 0 Å². The third kappa shape index (κ3) is 3.51. The molecule has 0 unspecified atom stereocenters. The highest BCUT2D eigenvalue weighted by atomic mass is 32.1. The van der Waals surface area contributed by atoms with Crippen molar-refractivity contribution in [1.82, 2.24) is 19.8 Å². The van der Waals surface area contributed by atoms with E-state index in [-0.39, 0.29) is 5.91 Å². The van der Waals surface area contributed by atoms with Crippen LogP contribution in [0.5, 0.6) is 0 Å². The molecule has 6 heteroatoms. The van der Waals surface area contributed by atoms with E-state index in [4.69, 9.17) is 0 Å². The molecule has 2 aromatic rings. The molecule has 2 aliphatic heterocycles. The van der Waals surface area contributed by atoms with Gasteiger partial charge in [-0.2, -0.15) is 0 Å². The standard InChI is InChI=1S/C19H26N4OS/c1-14-17(21-19(25-14)23-10-4-5-11-23)18(24)20-13-15-7-6-12-22-9-3-2-8-16(15)22/h4-5,10-11,15-16H,2-3,6-9,12-13H2,1H3,(H,20,24)/t15-,16-/m0/s1. The van der Waals surface area contributed by atoms with E-state index in [0.717, 1.165) is 16.6 Å². The Morgan fingerprint density at radius 2 is 2.04 bits per heavy atom. The van der Waals surface area contributed by atoms with E-state index >= 15 is 0 Å². The van der Waals surface area contributed by atoms with Crippen LogP contribution < -0.4 is 5.32 Å². The van der Waals surface area contributed by atoms with Crippen molar-refractivity contribution >= 4 is 17.2 Å². The maximum atomic E-state index is 12.7. The van der Waals surface area contributed by atoms with Crippen molar-refractivity contribution in [1.29, 1.82) is 0 Å². The zero-order valence-corrected chi connectivity index (χ0v) is 15.6. The van der Waals surface area contributed by atoms with E-state index < -0.39 is 0 Å². The summed E-state index contributed by atoms with van der Waals surface area (Å²) < 4.78 is 1.95. The highest BCUT2D eigenvalue weighted by Gasteiger charge is 2.33. The van der Waals surface area contributed by atoms with Gasteiger partial charge in [0.25, 0.3) is 5.91 Å². The van der Waals surface area contributed by atoms with Gasteiger partial charge in [0.1, 0.15) is 5.69 Å². The molecule has 4 heterocycles. The molecular formula is C19H26N4OS. The largest absolute Gasteiger partial charge is 0.350 e. The number of thiazole rings is 1. The van der Waals surface area contributed by atoms with Crippen LogP contribution in [-0.4, -0.2) is 46.0 Å². The Bertz CT molecular complexity index is 722. The van der Waals surface area contributed by atoms with Gasteiger partial charge in [-0.05, 0) is 63.7 Å². The Labute approximate surface area is 153 Å². The van der Waals surface area contributed by atoms with Gasteiger partial charge in [-0.3, -0.25) is 4.79 Å². The molecule has 4 rings (SSSR count). The molecule has 134 valence electrons. The average molecular weight is 359 g/mol. The van der Waals surface area contributed by atoms with Crippen molar-refractivity contribution in [3.63, 3.8) is 0 Å². The van der Waals surface area contributed by atoms with Crippen molar-refractivity contribution in [2.24, 2.45) is 5.92 Å². The average Bonchev–Trinajstić information content (AvgIpc) is 3.29. The molecule has 2 aromatic heterocycles. The Balaban J connectivity index is 1.40. The van der Waals surface area contributed by atoms with Gasteiger partial charge < -0.3 is 14.8 Å². The predicted octanol–water partition coefficient (Wildman–Crippen LogP) is 3.24. The Morgan fingerprint density at radius 1 is 1.24 bits per heavy atom. The lowest BCUT2D eigenvalue weighted by molar-refractivity contribution is 0.0575. The summed E-state index contributed by atoms with van der Waals surface area (Å²) in [5.41, 5.74) is 0.574. The van der Waals surface area contributed by atoms with Crippen molar-refractivity contribution < 1.29 is 4.79 Å². The first kappa shape index (κ1) is 16.8. The Kier molecular flexibility index (Phi) is 4.90. The van der Waals surface area contributed by atoms with E-state index in [2.05, 4.69) is 15.2 Å². The minimum absolute atomic E-state index is 0.0277. The van der Waals surface area contributed by atoms with Gasteiger partial charge in [0.15, 0.2) is 5.13 Å². The molecule has 0 radical (unpaired) electrons. The van der Waals surface area contributed by atoms with Crippen molar-refractivity contribution in [3.05, 3.63) is 35.1 Å². The van der Waals surface area contributed by atoms with E-state index in [1.54, 1.807) is 11.3 Å². The number of amides is 1. The molecule has 0 aromatic carbocycles. The van der Waals surface area contributed by atoms with E-state index in [1.165, 1.54) is 45.2 Å². The minimum Gasteiger partial charge on any atom is -0.350 e. The topological polar surface area (TPSA) is 50.2 Å². The summed E-state index contributed by atoms with van der Waals surface area (Å²) in [6.45, 7) is 5.22. The molecular weight excluding hydrogens is 332 g/mol. The number of aryl methyl sites for hydroxylation is 1. The molecule has 2 atom stereocenters. The SMILES string of the molecule is Cc1sc(-n2cccc2)nc1C(=O)NC[C@@H]1CCCN2CCCC[C@@H]12. The normalized spacial score (nSPS) is 24.0. The van der Waals surface area contributed by atoms with Crippen LogP contribution in [0.25, 0.3) is 5.13 Å². The van der Waals surface area contributed by atoms with Crippen LogP contribution in [0, 0.1) is 12.8 Å². The van der Waals surface area contributed by atoms with Crippen LogP contribution >= 0.6 is 11.3 Å². The number of rotatable bonds is 4. The van der Waals surface area contributed by atoms with Gasteiger partial charge in [0.05, 0.1) is 0 Å². The second kappa shape index (κ2) is 7.30. The zero-order valence-electron chi connectivity index (χ0n) is 14.8. The van der Waals surface area contributed by atoms with Gasteiger partial charge in [-0.15, -0.1) is 11.3 Å².